The molecule has 78 valence electrons. The average molecular weight is 209 g/mol. The summed E-state index contributed by atoms with van der Waals surface area (Å²) >= 11 is 1.86. The van der Waals surface area contributed by atoms with Gasteiger partial charge in [0.1, 0.15) is 0 Å². The Bertz CT molecular complexity index is 299. The lowest BCUT2D eigenvalue weighted by Crippen LogP contribution is -2.36. The largest absolute Gasteiger partial charge is 0.311 e. The fraction of sp³-hybridized carbons (Fsp3) is 0.667. The second kappa shape index (κ2) is 4.03. The van der Waals surface area contributed by atoms with Crippen LogP contribution in [0.2, 0.25) is 0 Å². The van der Waals surface area contributed by atoms with Crippen molar-refractivity contribution in [1.82, 2.24) is 5.32 Å². The minimum atomic E-state index is 0.603. The topological polar surface area (TPSA) is 12.0 Å². The van der Waals surface area contributed by atoms with Gasteiger partial charge in [-0.05, 0) is 42.2 Å². The maximum atomic E-state index is 3.57. The zero-order chi connectivity index (χ0) is 10.0. The monoisotopic (exact) mass is 209 g/mol. The molecule has 0 atom stereocenters. The summed E-state index contributed by atoms with van der Waals surface area (Å²) in [5.74, 6) is 0. The second-order valence-electron chi connectivity index (χ2n) is 4.86. The molecule has 1 fully saturated rings. The highest BCUT2D eigenvalue weighted by Gasteiger charge is 2.30. The predicted octanol–water partition coefficient (Wildman–Crippen LogP) is 3.34. The molecular weight excluding hydrogens is 190 g/mol. The number of hydrogen-bond acceptors (Lipinski definition) is 2. The molecule has 1 nitrogen and oxygen atoms in total. The number of aryl methyl sites for hydroxylation is 1. The van der Waals surface area contributed by atoms with Gasteiger partial charge in [-0.3, -0.25) is 0 Å². The van der Waals surface area contributed by atoms with Crippen molar-refractivity contribution < 1.29 is 0 Å². The first-order chi connectivity index (χ1) is 6.68. The summed E-state index contributed by atoms with van der Waals surface area (Å²) in [6.45, 7) is 6.79. The molecule has 0 amide bonds. The first-order valence-corrected chi connectivity index (χ1v) is 6.31. The molecule has 14 heavy (non-hydrogen) atoms. The highest BCUT2D eigenvalue weighted by Crippen LogP contribution is 2.39. The van der Waals surface area contributed by atoms with Crippen molar-refractivity contribution in [3.05, 3.63) is 21.9 Å². The smallest absolute Gasteiger partial charge is 0.0300 e. The highest BCUT2D eigenvalue weighted by atomic mass is 32.1. The van der Waals surface area contributed by atoms with Gasteiger partial charge >= 0.3 is 0 Å². The molecule has 1 aliphatic carbocycles. The summed E-state index contributed by atoms with van der Waals surface area (Å²) in [7, 11) is 0. The first-order valence-electron chi connectivity index (χ1n) is 5.43. The van der Waals surface area contributed by atoms with E-state index in [4.69, 9.17) is 0 Å². The lowest BCUT2D eigenvalue weighted by Gasteiger charge is -2.38. The van der Waals surface area contributed by atoms with Gasteiger partial charge in [0.25, 0.3) is 0 Å². The molecule has 1 aliphatic rings. The minimum Gasteiger partial charge on any atom is -0.311 e. The SMILES string of the molecule is Cc1csc(CNCC2(C)CCC2)c1. The van der Waals surface area contributed by atoms with E-state index in [2.05, 4.69) is 30.6 Å². The Morgan fingerprint density at radius 1 is 1.50 bits per heavy atom. The van der Waals surface area contributed by atoms with Crippen molar-refractivity contribution in [3.63, 3.8) is 0 Å². The third-order valence-corrected chi connectivity index (χ3v) is 4.25. The van der Waals surface area contributed by atoms with Crippen LogP contribution in [0, 0.1) is 12.3 Å². The predicted molar refractivity (Wildman–Crippen MR) is 62.7 cm³/mol. The quantitative estimate of drug-likeness (QED) is 0.802. The molecule has 0 saturated heterocycles. The molecule has 2 heteroatoms. The average Bonchev–Trinajstić information content (AvgIpc) is 2.49. The molecule has 1 aromatic heterocycles. The van der Waals surface area contributed by atoms with E-state index in [1.54, 1.807) is 0 Å². The van der Waals surface area contributed by atoms with Crippen LogP contribution in [0.3, 0.4) is 0 Å². The van der Waals surface area contributed by atoms with Crippen LogP contribution in [0.25, 0.3) is 0 Å². The molecular formula is C12H19NS. The third-order valence-electron chi connectivity index (χ3n) is 3.20. The fourth-order valence-electron chi connectivity index (χ4n) is 2.03. The van der Waals surface area contributed by atoms with E-state index < -0.39 is 0 Å². The number of rotatable bonds is 4. The molecule has 0 radical (unpaired) electrons. The van der Waals surface area contributed by atoms with Gasteiger partial charge in [0.05, 0.1) is 0 Å². The van der Waals surface area contributed by atoms with Gasteiger partial charge in [-0.25, -0.2) is 0 Å². The molecule has 1 saturated carbocycles. The summed E-state index contributed by atoms with van der Waals surface area (Å²) in [5.41, 5.74) is 1.99. The summed E-state index contributed by atoms with van der Waals surface area (Å²) in [6.07, 6.45) is 4.24. The lowest BCUT2D eigenvalue weighted by atomic mass is 9.70. The molecule has 1 heterocycles. The Morgan fingerprint density at radius 3 is 2.79 bits per heavy atom. The molecule has 0 aromatic carbocycles. The fourth-order valence-corrected chi connectivity index (χ4v) is 2.87. The molecule has 0 aliphatic heterocycles. The van der Waals surface area contributed by atoms with Crippen molar-refractivity contribution in [2.75, 3.05) is 6.54 Å². The van der Waals surface area contributed by atoms with Gasteiger partial charge in [0.2, 0.25) is 0 Å². The lowest BCUT2D eigenvalue weighted by molar-refractivity contribution is 0.156. The van der Waals surface area contributed by atoms with Gasteiger partial charge in [-0.15, -0.1) is 11.3 Å². The summed E-state index contributed by atoms with van der Waals surface area (Å²) in [5, 5.41) is 5.79. The normalized spacial score (nSPS) is 19.3. The van der Waals surface area contributed by atoms with E-state index in [1.165, 1.54) is 36.2 Å². The van der Waals surface area contributed by atoms with Crippen LogP contribution in [-0.2, 0) is 6.54 Å². The van der Waals surface area contributed by atoms with Crippen LogP contribution in [0.5, 0.6) is 0 Å². The van der Waals surface area contributed by atoms with Gasteiger partial charge < -0.3 is 5.32 Å². The standard InChI is InChI=1S/C12H19NS/c1-10-6-11(14-8-10)7-13-9-12(2)4-3-5-12/h6,8,13H,3-5,7,9H2,1-2H3. The van der Waals surface area contributed by atoms with Crippen molar-refractivity contribution in [3.8, 4) is 0 Å². The van der Waals surface area contributed by atoms with E-state index >= 15 is 0 Å². The molecule has 1 N–H and O–H groups in total. The molecule has 1 aromatic rings. The van der Waals surface area contributed by atoms with E-state index in [9.17, 15) is 0 Å². The Morgan fingerprint density at radius 2 is 2.29 bits per heavy atom. The summed E-state index contributed by atoms with van der Waals surface area (Å²) in [6, 6.07) is 2.28. The van der Waals surface area contributed by atoms with Crippen LogP contribution < -0.4 is 5.32 Å². The van der Waals surface area contributed by atoms with E-state index in [-0.39, 0.29) is 0 Å². The zero-order valence-electron chi connectivity index (χ0n) is 9.10. The minimum absolute atomic E-state index is 0.603. The van der Waals surface area contributed by atoms with Crippen LogP contribution in [-0.4, -0.2) is 6.54 Å². The highest BCUT2D eigenvalue weighted by molar-refractivity contribution is 7.10. The van der Waals surface area contributed by atoms with Crippen molar-refractivity contribution in [2.45, 2.75) is 39.7 Å². The van der Waals surface area contributed by atoms with E-state index in [0.717, 1.165) is 6.54 Å². The molecule has 0 bridgehead atoms. The third kappa shape index (κ3) is 2.37. The second-order valence-corrected chi connectivity index (χ2v) is 5.85. The molecule has 0 unspecified atom stereocenters. The first kappa shape index (κ1) is 10.2. The number of hydrogen-bond donors (Lipinski definition) is 1. The van der Waals surface area contributed by atoms with Crippen LogP contribution in [0.1, 0.15) is 36.6 Å². The van der Waals surface area contributed by atoms with Crippen molar-refractivity contribution >= 4 is 11.3 Å². The van der Waals surface area contributed by atoms with Crippen molar-refractivity contribution in [2.24, 2.45) is 5.41 Å². The van der Waals surface area contributed by atoms with Crippen LogP contribution >= 0.6 is 11.3 Å². The Labute approximate surface area is 90.5 Å². The van der Waals surface area contributed by atoms with Gasteiger partial charge in [0.15, 0.2) is 0 Å². The van der Waals surface area contributed by atoms with Gasteiger partial charge in [0, 0.05) is 18.0 Å². The summed E-state index contributed by atoms with van der Waals surface area (Å²) < 4.78 is 0. The zero-order valence-corrected chi connectivity index (χ0v) is 9.91. The van der Waals surface area contributed by atoms with Crippen LogP contribution in [0.4, 0.5) is 0 Å². The van der Waals surface area contributed by atoms with Crippen molar-refractivity contribution in [1.29, 1.82) is 0 Å². The number of thiophene rings is 1. The molecule has 2 rings (SSSR count). The molecule has 0 spiro atoms. The Balaban J connectivity index is 1.72. The van der Waals surface area contributed by atoms with Gasteiger partial charge in [-0.2, -0.15) is 0 Å². The maximum Gasteiger partial charge on any atom is 0.0300 e. The Kier molecular flexibility index (Phi) is 2.93. The van der Waals surface area contributed by atoms with Gasteiger partial charge in [-0.1, -0.05) is 13.3 Å². The van der Waals surface area contributed by atoms with Crippen LogP contribution in [0.15, 0.2) is 11.4 Å². The van der Waals surface area contributed by atoms with E-state index in [1.807, 2.05) is 11.3 Å². The van der Waals surface area contributed by atoms with E-state index in [0.29, 0.717) is 5.41 Å². The Hall–Kier alpha value is -0.340. The maximum absolute atomic E-state index is 3.57. The summed E-state index contributed by atoms with van der Waals surface area (Å²) in [4.78, 5) is 1.46. The number of nitrogens with one attached hydrogen (secondary N) is 1.